The average molecular weight is 657 g/mol. The Labute approximate surface area is 249 Å². The maximum absolute atomic E-state index is 10.3. The van der Waals surface area contributed by atoms with Crippen molar-refractivity contribution in [3.05, 3.63) is 0 Å². The molecular formula is C23H44O21. The molecule has 3 aliphatic rings. The predicted molar refractivity (Wildman–Crippen MR) is 133 cm³/mol. The van der Waals surface area contributed by atoms with Crippen molar-refractivity contribution in [3.8, 4) is 0 Å². The fourth-order valence-corrected chi connectivity index (χ4v) is 4.49. The number of aliphatic hydroxyl groups excluding tert-OH is 16. The van der Waals surface area contributed by atoms with Crippen LogP contribution in [0.1, 0.15) is 0 Å². The van der Waals surface area contributed by atoms with Gasteiger partial charge in [-0.1, -0.05) is 0 Å². The zero-order valence-corrected chi connectivity index (χ0v) is 23.2. The highest BCUT2D eigenvalue weighted by molar-refractivity contribution is 4.98. The zero-order valence-electron chi connectivity index (χ0n) is 23.2. The van der Waals surface area contributed by atoms with Crippen molar-refractivity contribution >= 4 is 0 Å². The molecule has 3 aliphatic heterocycles. The van der Waals surface area contributed by atoms with Gasteiger partial charge in [-0.25, -0.2) is 0 Å². The maximum Gasteiger partial charge on any atom is 0.224 e. The van der Waals surface area contributed by atoms with E-state index in [0.717, 1.165) is 0 Å². The molecule has 0 aromatic heterocycles. The van der Waals surface area contributed by atoms with Crippen molar-refractivity contribution in [1.29, 1.82) is 0 Å². The number of rotatable bonds is 12. The molecule has 21 nitrogen and oxygen atoms in total. The van der Waals surface area contributed by atoms with E-state index in [4.69, 9.17) is 49.2 Å². The van der Waals surface area contributed by atoms with Crippen molar-refractivity contribution < 1.29 is 105 Å². The summed E-state index contributed by atoms with van der Waals surface area (Å²) < 4.78 is 26.4. The van der Waals surface area contributed by atoms with Crippen molar-refractivity contribution in [3.63, 3.8) is 0 Å². The smallest absolute Gasteiger partial charge is 0.224 e. The van der Waals surface area contributed by atoms with E-state index in [1.807, 2.05) is 0 Å². The molecule has 3 saturated heterocycles. The Morgan fingerprint density at radius 3 is 1.50 bits per heavy atom. The Balaban J connectivity index is 0.000000580. The minimum absolute atomic E-state index is 0.634. The molecule has 3 heterocycles. The van der Waals surface area contributed by atoms with Crippen molar-refractivity contribution in [2.24, 2.45) is 0 Å². The minimum atomic E-state index is -2.36. The Morgan fingerprint density at radius 2 is 1.05 bits per heavy atom. The lowest BCUT2D eigenvalue weighted by Crippen LogP contribution is -2.63. The van der Waals surface area contributed by atoms with Crippen LogP contribution in [0.4, 0.5) is 0 Å². The van der Waals surface area contributed by atoms with Crippen LogP contribution in [0.15, 0.2) is 0 Å². The number of ether oxygens (including phenoxy) is 5. The normalized spacial score (nSPS) is 44.9. The first-order chi connectivity index (χ1) is 20.6. The Bertz CT molecular complexity index is 815. The second-order valence-electron chi connectivity index (χ2n) is 10.4. The highest BCUT2D eigenvalue weighted by atomic mass is 16.8. The molecule has 0 bridgehead atoms. The van der Waals surface area contributed by atoms with Crippen LogP contribution in [-0.2, 0) is 23.7 Å². The van der Waals surface area contributed by atoms with E-state index in [2.05, 4.69) is 0 Å². The summed E-state index contributed by atoms with van der Waals surface area (Å²) in [6.07, 6.45) is -26.1. The van der Waals surface area contributed by atoms with E-state index in [1.54, 1.807) is 0 Å². The molecule has 3 fully saturated rings. The van der Waals surface area contributed by atoms with Crippen LogP contribution in [0.2, 0.25) is 0 Å². The first-order valence-electron chi connectivity index (χ1n) is 13.5. The van der Waals surface area contributed by atoms with Gasteiger partial charge in [-0.3, -0.25) is 0 Å². The van der Waals surface area contributed by atoms with Crippen LogP contribution in [0, 0.1) is 0 Å². The SMILES string of the molecule is OC[C@@H](O)[C@H](O)[C@@H](O)CO.OC[C@H]1O[C@H](OC[C@H]2O[C@H](O[C@]3(CO)O[C@H](CO)[C@@H](O)[C@@H]3O)[C@H](O)[C@@H](O)[C@@H]2O)[C@H](O)[C@@H](O)[C@H]1O. The molecular weight excluding hydrogens is 612 g/mol. The van der Waals surface area contributed by atoms with Crippen LogP contribution in [0.5, 0.6) is 0 Å². The van der Waals surface area contributed by atoms with Gasteiger partial charge in [-0.2, -0.15) is 0 Å². The standard InChI is InChI=1S/C18H32O16.C5H12O5/c19-1-5-8(22)11(25)13(27)16(31-5)30-3-7-9(23)12(26)14(28)17(32-7)34-18(4-21)15(29)10(24)6(2-20)33-18;6-1-3(8)5(10)4(9)2-7/h5-17,19-29H,1-4H2;3-10H,1-2H2/t5-,6-,7-,8+,9-,10-,11+,12+,13-,14-,15+,16+,17-,18+;3-,4+,5+/m1./s1. The molecule has 21 heteroatoms. The van der Waals surface area contributed by atoms with E-state index >= 15 is 0 Å². The first kappa shape index (κ1) is 39.3. The number of aliphatic hydroxyl groups is 16. The van der Waals surface area contributed by atoms with E-state index in [9.17, 15) is 56.2 Å². The van der Waals surface area contributed by atoms with Gasteiger partial charge in [0.1, 0.15) is 92.1 Å². The Morgan fingerprint density at radius 1 is 0.568 bits per heavy atom. The largest absolute Gasteiger partial charge is 0.394 e. The van der Waals surface area contributed by atoms with Gasteiger partial charge >= 0.3 is 0 Å². The summed E-state index contributed by atoms with van der Waals surface area (Å²) in [5.41, 5.74) is 0. The molecule has 0 aromatic carbocycles. The Kier molecular flexibility index (Phi) is 15.5. The summed E-state index contributed by atoms with van der Waals surface area (Å²) >= 11 is 0. The van der Waals surface area contributed by atoms with Gasteiger partial charge in [-0.15, -0.1) is 0 Å². The minimum Gasteiger partial charge on any atom is -0.394 e. The lowest BCUT2D eigenvalue weighted by atomic mass is 9.98. The molecule has 0 amide bonds. The van der Waals surface area contributed by atoms with E-state index in [0.29, 0.717) is 0 Å². The molecule has 262 valence electrons. The summed E-state index contributed by atoms with van der Waals surface area (Å²) in [4.78, 5) is 0. The van der Waals surface area contributed by atoms with Crippen LogP contribution >= 0.6 is 0 Å². The van der Waals surface area contributed by atoms with E-state index in [1.165, 1.54) is 0 Å². The van der Waals surface area contributed by atoms with Crippen molar-refractivity contribution in [1.82, 2.24) is 0 Å². The van der Waals surface area contributed by atoms with Gasteiger partial charge < -0.3 is 105 Å². The molecule has 0 saturated carbocycles. The first-order valence-corrected chi connectivity index (χ1v) is 13.5. The second-order valence-corrected chi connectivity index (χ2v) is 10.4. The summed E-state index contributed by atoms with van der Waals surface area (Å²) in [7, 11) is 0. The molecule has 17 atom stereocenters. The average Bonchev–Trinajstić information content (AvgIpc) is 3.27. The lowest BCUT2D eigenvalue weighted by Gasteiger charge is -2.44. The zero-order chi connectivity index (χ0) is 33.5. The predicted octanol–water partition coefficient (Wildman–Crippen LogP) is -10.5. The third-order valence-electron chi connectivity index (χ3n) is 7.33. The van der Waals surface area contributed by atoms with Gasteiger partial charge in [0.15, 0.2) is 12.6 Å². The summed E-state index contributed by atoms with van der Waals surface area (Å²) in [5, 5.41) is 151. The molecule has 0 unspecified atom stereocenters. The molecule has 0 aliphatic carbocycles. The van der Waals surface area contributed by atoms with Gasteiger partial charge in [0.2, 0.25) is 5.79 Å². The lowest BCUT2D eigenvalue weighted by molar-refractivity contribution is -0.388. The van der Waals surface area contributed by atoms with Crippen LogP contribution in [0.3, 0.4) is 0 Å². The summed E-state index contributed by atoms with van der Waals surface area (Å²) in [6.45, 7) is -4.42. The molecule has 16 N–H and O–H groups in total. The van der Waals surface area contributed by atoms with Crippen LogP contribution < -0.4 is 0 Å². The van der Waals surface area contributed by atoms with Gasteiger partial charge in [-0.05, 0) is 0 Å². The van der Waals surface area contributed by atoms with Crippen LogP contribution in [0.25, 0.3) is 0 Å². The Hall–Kier alpha value is -0.840. The topological polar surface area (TPSA) is 370 Å². The maximum atomic E-state index is 10.3. The van der Waals surface area contributed by atoms with Crippen molar-refractivity contribution in [2.45, 2.75) is 104 Å². The van der Waals surface area contributed by atoms with E-state index in [-0.39, 0.29) is 0 Å². The third kappa shape index (κ3) is 8.74. The van der Waals surface area contributed by atoms with Crippen LogP contribution in [-0.4, -0.2) is 225 Å². The highest BCUT2D eigenvalue weighted by Gasteiger charge is 2.58. The second kappa shape index (κ2) is 17.4. The molecule has 0 aromatic rings. The fourth-order valence-electron chi connectivity index (χ4n) is 4.49. The fraction of sp³-hybridized carbons (Fsp3) is 1.00. The summed E-state index contributed by atoms with van der Waals surface area (Å²) in [5.74, 6) is -2.36. The monoisotopic (exact) mass is 656 g/mol. The highest BCUT2D eigenvalue weighted by Crippen LogP contribution is 2.36. The van der Waals surface area contributed by atoms with Gasteiger partial charge in [0.25, 0.3) is 0 Å². The van der Waals surface area contributed by atoms with Crippen molar-refractivity contribution in [2.75, 3.05) is 39.6 Å². The molecule has 0 radical (unpaired) electrons. The number of hydrogen-bond donors (Lipinski definition) is 16. The van der Waals surface area contributed by atoms with E-state index < -0.39 is 143 Å². The molecule has 44 heavy (non-hydrogen) atoms. The third-order valence-corrected chi connectivity index (χ3v) is 7.33. The molecule has 3 rings (SSSR count). The quantitative estimate of drug-likeness (QED) is 0.0926. The molecule has 0 spiro atoms. The summed E-state index contributed by atoms with van der Waals surface area (Å²) in [6, 6.07) is 0. The van der Waals surface area contributed by atoms with Gasteiger partial charge in [0, 0.05) is 0 Å². The number of hydrogen-bond acceptors (Lipinski definition) is 21. The van der Waals surface area contributed by atoms with Gasteiger partial charge in [0.05, 0.1) is 33.0 Å².